The number of nitrogens with one attached hydrogen (secondary N) is 2. The molecule has 180 valence electrons. The number of piperidine rings is 1. The van der Waals surface area contributed by atoms with Gasteiger partial charge in [-0.2, -0.15) is 0 Å². The van der Waals surface area contributed by atoms with E-state index >= 15 is 0 Å². The number of carbonyl (C=O) groups is 1. The highest BCUT2D eigenvalue weighted by molar-refractivity contribution is 5.78. The number of nitrogens with zero attached hydrogens (tertiary/aromatic N) is 2. The quantitative estimate of drug-likeness (QED) is 0.600. The van der Waals surface area contributed by atoms with E-state index in [4.69, 9.17) is 0 Å². The molecule has 4 rings (SSSR count). The monoisotopic (exact) mass is 454 g/mol. The number of fused-ring (bicyclic) bond motifs is 1. The van der Waals surface area contributed by atoms with Crippen LogP contribution in [0.3, 0.4) is 0 Å². The fourth-order valence-corrected chi connectivity index (χ4v) is 5.68. The van der Waals surface area contributed by atoms with Gasteiger partial charge in [0.25, 0.3) is 5.56 Å². The van der Waals surface area contributed by atoms with Crippen molar-refractivity contribution < 1.29 is 4.79 Å². The number of H-pyrrole nitrogens is 1. The molecular weight excluding hydrogens is 416 g/mol. The maximum Gasteiger partial charge on any atom is 0.328 e. The first-order valence-electron chi connectivity index (χ1n) is 12.8. The fraction of sp³-hybridized carbons (Fsp3) is 0.654. The lowest BCUT2D eigenvalue weighted by molar-refractivity contribution is -0.126. The summed E-state index contributed by atoms with van der Waals surface area (Å²) in [4.78, 5) is 43.3. The van der Waals surface area contributed by atoms with Gasteiger partial charge in [-0.3, -0.25) is 14.2 Å². The van der Waals surface area contributed by atoms with Crippen LogP contribution in [0.2, 0.25) is 0 Å². The van der Waals surface area contributed by atoms with Crippen LogP contribution in [-0.4, -0.2) is 46.0 Å². The molecule has 0 bridgehead atoms. The predicted octanol–water partition coefficient (Wildman–Crippen LogP) is 3.27. The van der Waals surface area contributed by atoms with Crippen LogP contribution in [-0.2, 0) is 11.3 Å². The Bertz CT molecular complexity index is 1050. The lowest BCUT2D eigenvalue weighted by Gasteiger charge is -2.35. The molecule has 1 atom stereocenters. The van der Waals surface area contributed by atoms with Gasteiger partial charge in [-0.05, 0) is 76.0 Å². The number of likely N-dealkylation sites (tertiary alicyclic amines) is 1. The fourth-order valence-electron chi connectivity index (χ4n) is 5.68. The van der Waals surface area contributed by atoms with Crippen molar-refractivity contribution in [2.45, 2.75) is 77.3 Å². The Morgan fingerprint density at radius 2 is 1.88 bits per heavy atom. The zero-order chi connectivity index (χ0) is 23.2. The van der Waals surface area contributed by atoms with Crippen LogP contribution in [0.5, 0.6) is 0 Å². The largest absolute Gasteiger partial charge is 0.356 e. The van der Waals surface area contributed by atoms with Gasteiger partial charge in [0.2, 0.25) is 5.91 Å². The normalized spacial score (nSPS) is 24.1. The maximum absolute atomic E-state index is 12.8. The molecule has 2 fully saturated rings. The van der Waals surface area contributed by atoms with Crippen LogP contribution in [0.25, 0.3) is 10.9 Å². The summed E-state index contributed by atoms with van der Waals surface area (Å²) in [6.07, 6.45) is 9.54. The van der Waals surface area contributed by atoms with Gasteiger partial charge in [-0.15, -0.1) is 0 Å². The molecule has 2 aromatic rings. The van der Waals surface area contributed by atoms with E-state index in [2.05, 4.69) is 22.1 Å². The summed E-state index contributed by atoms with van der Waals surface area (Å²) in [6.45, 7) is 5.70. The van der Waals surface area contributed by atoms with Gasteiger partial charge in [0.15, 0.2) is 0 Å². The Morgan fingerprint density at radius 3 is 2.67 bits per heavy atom. The van der Waals surface area contributed by atoms with E-state index in [1.807, 2.05) is 12.1 Å². The molecule has 2 heterocycles. The minimum absolute atomic E-state index is 0.0474. The molecular formula is C26H38N4O3. The minimum Gasteiger partial charge on any atom is -0.356 e. The van der Waals surface area contributed by atoms with Gasteiger partial charge in [0, 0.05) is 31.6 Å². The predicted molar refractivity (Wildman–Crippen MR) is 131 cm³/mol. The van der Waals surface area contributed by atoms with Crippen molar-refractivity contribution in [3.8, 4) is 0 Å². The zero-order valence-corrected chi connectivity index (χ0v) is 19.9. The van der Waals surface area contributed by atoms with Gasteiger partial charge < -0.3 is 15.2 Å². The summed E-state index contributed by atoms with van der Waals surface area (Å²) in [6, 6.07) is 7.83. The first kappa shape index (κ1) is 23.7. The van der Waals surface area contributed by atoms with Crippen molar-refractivity contribution in [1.82, 2.24) is 19.8 Å². The third-order valence-electron chi connectivity index (χ3n) is 7.69. The van der Waals surface area contributed by atoms with E-state index in [0.29, 0.717) is 23.5 Å². The number of aromatic nitrogens is 2. The maximum atomic E-state index is 12.8. The van der Waals surface area contributed by atoms with Gasteiger partial charge >= 0.3 is 5.69 Å². The molecule has 1 aromatic carbocycles. The number of carbonyl (C=O) groups excluding carboxylic acids is 1. The van der Waals surface area contributed by atoms with E-state index in [1.54, 1.807) is 12.1 Å². The van der Waals surface area contributed by atoms with Crippen LogP contribution < -0.4 is 16.6 Å². The van der Waals surface area contributed by atoms with Crippen molar-refractivity contribution in [3.05, 3.63) is 45.1 Å². The second kappa shape index (κ2) is 11.1. The van der Waals surface area contributed by atoms with Crippen molar-refractivity contribution in [3.63, 3.8) is 0 Å². The number of benzene rings is 1. The summed E-state index contributed by atoms with van der Waals surface area (Å²) < 4.78 is 1.33. The Labute approximate surface area is 195 Å². The smallest absolute Gasteiger partial charge is 0.328 e. The summed E-state index contributed by atoms with van der Waals surface area (Å²) in [5.41, 5.74) is 0.000416. The van der Waals surface area contributed by atoms with Gasteiger partial charge in [-0.1, -0.05) is 25.5 Å². The highest BCUT2D eigenvalue weighted by atomic mass is 16.2. The first-order valence-corrected chi connectivity index (χ1v) is 12.8. The summed E-state index contributed by atoms with van der Waals surface area (Å²) in [7, 11) is 0. The van der Waals surface area contributed by atoms with Crippen molar-refractivity contribution >= 4 is 16.8 Å². The summed E-state index contributed by atoms with van der Waals surface area (Å²) in [5, 5.41) is 3.69. The molecule has 7 heteroatoms. The molecule has 1 aliphatic carbocycles. The third-order valence-corrected chi connectivity index (χ3v) is 7.69. The molecule has 0 spiro atoms. The number of rotatable bonds is 8. The third kappa shape index (κ3) is 5.75. The summed E-state index contributed by atoms with van der Waals surface area (Å²) >= 11 is 0. The van der Waals surface area contributed by atoms with E-state index in [-0.39, 0.29) is 29.0 Å². The van der Waals surface area contributed by atoms with E-state index < -0.39 is 0 Å². The zero-order valence-electron chi connectivity index (χ0n) is 19.9. The minimum atomic E-state index is -0.349. The molecule has 1 saturated heterocycles. The standard InChI is InChI=1S/C26H38N4O3/c1-2-21-8-5-6-16-29(21)17-7-15-27-24(31)20-13-11-19(12-14-20)18-30-25(32)22-9-3-4-10-23(22)28-26(30)33/h3-4,9-10,19-21H,2,5-8,11-18H2,1H3,(H,27,31)(H,28,33)/t19?,20?,21-/m0/s1. The number of amides is 1. The SMILES string of the molecule is CC[C@H]1CCCCN1CCCNC(=O)C1CCC(Cn2c(=O)[nH]c3ccccc3c2=O)CC1. The second-order valence-corrected chi connectivity index (χ2v) is 9.85. The van der Waals surface area contributed by atoms with Crippen LogP contribution in [0, 0.1) is 11.8 Å². The molecule has 1 aromatic heterocycles. The van der Waals surface area contributed by atoms with Gasteiger partial charge in [0.05, 0.1) is 10.9 Å². The Hall–Kier alpha value is -2.41. The molecule has 1 aliphatic heterocycles. The Balaban J connectivity index is 1.22. The van der Waals surface area contributed by atoms with Crippen LogP contribution >= 0.6 is 0 Å². The molecule has 7 nitrogen and oxygen atoms in total. The van der Waals surface area contributed by atoms with Gasteiger partial charge in [0.1, 0.15) is 0 Å². The second-order valence-electron chi connectivity index (χ2n) is 9.85. The Morgan fingerprint density at radius 1 is 1.09 bits per heavy atom. The van der Waals surface area contributed by atoms with Crippen LogP contribution in [0.1, 0.15) is 64.7 Å². The number of aromatic amines is 1. The lowest BCUT2D eigenvalue weighted by Crippen LogP contribution is -2.41. The summed E-state index contributed by atoms with van der Waals surface area (Å²) in [5.74, 6) is 0.463. The molecule has 2 N–H and O–H groups in total. The molecule has 0 unspecified atom stereocenters. The van der Waals surface area contributed by atoms with Crippen LogP contribution in [0.4, 0.5) is 0 Å². The van der Waals surface area contributed by atoms with Crippen molar-refractivity contribution in [1.29, 1.82) is 0 Å². The average molecular weight is 455 g/mol. The number of hydrogen-bond donors (Lipinski definition) is 2. The average Bonchev–Trinajstić information content (AvgIpc) is 2.85. The number of para-hydroxylation sites is 1. The highest BCUT2D eigenvalue weighted by Crippen LogP contribution is 2.29. The van der Waals surface area contributed by atoms with E-state index in [0.717, 1.165) is 45.2 Å². The molecule has 2 aliphatic rings. The van der Waals surface area contributed by atoms with E-state index in [1.165, 1.54) is 36.8 Å². The number of hydrogen-bond acceptors (Lipinski definition) is 4. The molecule has 1 amide bonds. The van der Waals surface area contributed by atoms with E-state index in [9.17, 15) is 14.4 Å². The molecule has 33 heavy (non-hydrogen) atoms. The van der Waals surface area contributed by atoms with Crippen LogP contribution in [0.15, 0.2) is 33.9 Å². The van der Waals surface area contributed by atoms with Crippen molar-refractivity contribution in [2.24, 2.45) is 11.8 Å². The molecule has 0 radical (unpaired) electrons. The lowest BCUT2D eigenvalue weighted by atomic mass is 9.81. The topological polar surface area (TPSA) is 87.2 Å². The van der Waals surface area contributed by atoms with Crippen molar-refractivity contribution in [2.75, 3.05) is 19.6 Å². The molecule has 1 saturated carbocycles. The van der Waals surface area contributed by atoms with Gasteiger partial charge in [-0.25, -0.2) is 4.79 Å². The Kier molecular flexibility index (Phi) is 8.02. The highest BCUT2D eigenvalue weighted by Gasteiger charge is 2.27. The first-order chi connectivity index (χ1) is 16.1.